The number of guanidine groups is 1. The van der Waals surface area contributed by atoms with Crippen molar-refractivity contribution in [3.8, 4) is 0 Å². The largest absolute Gasteiger partial charge is 0.356 e. The number of rotatable bonds is 7. The van der Waals surface area contributed by atoms with Gasteiger partial charge in [-0.1, -0.05) is 13.8 Å². The standard InChI is InChI=1S/C10H24N4O2S.HI/c1-5-17(15,16)14-7-6-12-10(11-4)13-8-9(2)3;/h9,14H,5-8H2,1-4H3,(H2,11,12,13);1H. The molecule has 0 aliphatic heterocycles. The maximum Gasteiger partial charge on any atom is 0.211 e. The monoisotopic (exact) mass is 392 g/mol. The van der Waals surface area contributed by atoms with Gasteiger partial charge in [0.05, 0.1) is 5.75 Å². The van der Waals surface area contributed by atoms with Crippen LogP contribution in [0.25, 0.3) is 0 Å². The van der Waals surface area contributed by atoms with Gasteiger partial charge in [-0.15, -0.1) is 24.0 Å². The summed E-state index contributed by atoms with van der Waals surface area (Å²) in [6.07, 6.45) is 0. The zero-order chi connectivity index (χ0) is 13.3. The first-order valence-corrected chi connectivity index (χ1v) is 7.48. The van der Waals surface area contributed by atoms with Crippen LogP contribution in [0.5, 0.6) is 0 Å². The van der Waals surface area contributed by atoms with Gasteiger partial charge in [0.2, 0.25) is 10.0 Å². The molecule has 0 radical (unpaired) electrons. The highest BCUT2D eigenvalue weighted by Crippen LogP contribution is 1.86. The van der Waals surface area contributed by atoms with Gasteiger partial charge in [0.15, 0.2) is 5.96 Å². The Morgan fingerprint density at radius 3 is 2.28 bits per heavy atom. The van der Waals surface area contributed by atoms with Crippen LogP contribution < -0.4 is 15.4 Å². The summed E-state index contributed by atoms with van der Waals surface area (Å²) in [5, 5.41) is 6.18. The molecule has 0 fully saturated rings. The van der Waals surface area contributed by atoms with Crippen LogP contribution in [0.15, 0.2) is 4.99 Å². The molecule has 110 valence electrons. The minimum Gasteiger partial charge on any atom is -0.356 e. The van der Waals surface area contributed by atoms with Crippen LogP contribution >= 0.6 is 24.0 Å². The average molecular weight is 392 g/mol. The van der Waals surface area contributed by atoms with E-state index in [-0.39, 0.29) is 29.7 Å². The molecule has 0 saturated heterocycles. The summed E-state index contributed by atoms with van der Waals surface area (Å²) in [6.45, 7) is 7.53. The van der Waals surface area contributed by atoms with Gasteiger partial charge in [0.25, 0.3) is 0 Å². The molecule has 0 atom stereocenters. The molecular formula is C10H25IN4O2S. The highest BCUT2D eigenvalue weighted by Gasteiger charge is 2.04. The van der Waals surface area contributed by atoms with Crippen molar-refractivity contribution in [1.29, 1.82) is 0 Å². The smallest absolute Gasteiger partial charge is 0.211 e. The Morgan fingerprint density at radius 1 is 1.22 bits per heavy atom. The normalized spacial score (nSPS) is 12.2. The minimum absolute atomic E-state index is 0. The molecule has 0 aromatic rings. The van der Waals surface area contributed by atoms with Crippen LogP contribution in [0.2, 0.25) is 0 Å². The Morgan fingerprint density at radius 2 is 1.83 bits per heavy atom. The summed E-state index contributed by atoms with van der Waals surface area (Å²) in [5.41, 5.74) is 0. The van der Waals surface area contributed by atoms with Crippen molar-refractivity contribution in [2.45, 2.75) is 20.8 Å². The molecule has 0 heterocycles. The molecule has 0 rings (SSSR count). The molecule has 0 aromatic carbocycles. The maximum atomic E-state index is 11.1. The zero-order valence-electron chi connectivity index (χ0n) is 11.5. The predicted octanol–water partition coefficient (Wildman–Crippen LogP) is 0.365. The van der Waals surface area contributed by atoms with Crippen LogP contribution in [0.4, 0.5) is 0 Å². The summed E-state index contributed by atoms with van der Waals surface area (Å²) in [7, 11) is -1.41. The van der Waals surface area contributed by atoms with E-state index >= 15 is 0 Å². The second-order valence-corrected chi connectivity index (χ2v) is 6.17. The van der Waals surface area contributed by atoms with E-state index in [1.165, 1.54) is 0 Å². The van der Waals surface area contributed by atoms with Crippen molar-refractivity contribution in [2.24, 2.45) is 10.9 Å². The van der Waals surface area contributed by atoms with Crippen molar-refractivity contribution in [3.05, 3.63) is 0 Å². The van der Waals surface area contributed by atoms with E-state index < -0.39 is 10.0 Å². The number of hydrogen-bond donors (Lipinski definition) is 3. The lowest BCUT2D eigenvalue weighted by molar-refractivity contribution is 0.581. The molecule has 0 aliphatic carbocycles. The van der Waals surface area contributed by atoms with E-state index in [1.54, 1.807) is 14.0 Å². The zero-order valence-corrected chi connectivity index (χ0v) is 14.6. The van der Waals surface area contributed by atoms with Crippen molar-refractivity contribution < 1.29 is 8.42 Å². The molecule has 0 unspecified atom stereocenters. The van der Waals surface area contributed by atoms with Crippen molar-refractivity contribution in [3.63, 3.8) is 0 Å². The number of aliphatic imine (C=N–C) groups is 1. The third kappa shape index (κ3) is 11.0. The lowest BCUT2D eigenvalue weighted by Gasteiger charge is -2.13. The van der Waals surface area contributed by atoms with Crippen LogP contribution in [0.3, 0.4) is 0 Å². The molecule has 8 heteroatoms. The molecule has 0 amide bonds. The minimum atomic E-state index is -3.10. The van der Waals surface area contributed by atoms with Gasteiger partial charge in [0, 0.05) is 26.7 Å². The SMILES string of the molecule is CCS(=O)(=O)NCCNC(=NC)NCC(C)C.I. The van der Waals surface area contributed by atoms with Gasteiger partial charge < -0.3 is 10.6 Å². The lowest BCUT2D eigenvalue weighted by Crippen LogP contribution is -2.42. The Labute approximate surface area is 127 Å². The molecule has 0 aliphatic rings. The Hall–Kier alpha value is -0.0900. The van der Waals surface area contributed by atoms with Gasteiger partial charge in [0.1, 0.15) is 0 Å². The van der Waals surface area contributed by atoms with Gasteiger partial charge in [-0.2, -0.15) is 0 Å². The summed E-state index contributed by atoms with van der Waals surface area (Å²) < 4.78 is 24.8. The van der Waals surface area contributed by atoms with E-state index in [1.807, 2.05) is 0 Å². The Balaban J connectivity index is 0. The first-order valence-electron chi connectivity index (χ1n) is 5.83. The fraction of sp³-hybridized carbons (Fsp3) is 0.900. The summed E-state index contributed by atoms with van der Waals surface area (Å²) in [6, 6.07) is 0. The van der Waals surface area contributed by atoms with Crippen LogP contribution in [0.1, 0.15) is 20.8 Å². The first kappa shape index (κ1) is 20.2. The Bertz CT molecular complexity index is 331. The second-order valence-electron chi connectivity index (χ2n) is 4.07. The third-order valence-corrected chi connectivity index (χ3v) is 3.42. The highest BCUT2D eigenvalue weighted by atomic mass is 127. The summed E-state index contributed by atoms with van der Waals surface area (Å²) in [4.78, 5) is 4.03. The highest BCUT2D eigenvalue weighted by molar-refractivity contribution is 14.0. The summed E-state index contributed by atoms with van der Waals surface area (Å²) in [5.74, 6) is 1.33. The lowest BCUT2D eigenvalue weighted by atomic mass is 10.2. The molecule has 0 spiro atoms. The van der Waals surface area contributed by atoms with Crippen molar-refractivity contribution in [2.75, 3.05) is 32.4 Å². The molecular weight excluding hydrogens is 367 g/mol. The first-order chi connectivity index (χ1) is 7.91. The van der Waals surface area contributed by atoms with Crippen molar-refractivity contribution >= 4 is 40.0 Å². The number of sulfonamides is 1. The van der Waals surface area contributed by atoms with Gasteiger partial charge in [-0.25, -0.2) is 13.1 Å². The second kappa shape index (κ2) is 10.8. The van der Waals surface area contributed by atoms with Gasteiger partial charge in [-0.3, -0.25) is 4.99 Å². The molecule has 0 saturated carbocycles. The summed E-state index contributed by atoms with van der Waals surface area (Å²) >= 11 is 0. The quantitative estimate of drug-likeness (QED) is 0.253. The molecule has 18 heavy (non-hydrogen) atoms. The average Bonchev–Trinajstić information content (AvgIpc) is 2.28. The van der Waals surface area contributed by atoms with Gasteiger partial charge >= 0.3 is 0 Å². The maximum absolute atomic E-state index is 11.1. The Kier molecular flexibility index (Phi) is 12.1. The van der Waals surface area contributed by atoms with E-state index in [2.05, 4.69) is 34.2 Å². The van der Waals surface area contributed by atoms with Gasteiger partial charge in [-0.05, 0) is 12.8 Å². The molecule has 0 aromatic heterocycles. The predicted molar refractivity (Wildman–Crippen MR) is 87.1 cm³/mol. The van der Waals surface area contributed by atoms with E-state index in [9.17, 15) is 8.42 Å². The number of hydrogen-bond acceptors (Lipinski definition) is 3. The number of nitrogens with one attached hydrogen (secondary N) is 3. The number of nitrogens with zero attached hydrogens (tertiary/aromatic N) is 1. The molecule has 3 N–H and O–H groups in total. The van der Waals surface area contributed by atoms with E-state index in [4.69, 9.17) is 0 Å². The third-order valence-electron chi connectivity index (χ3n) is 2.02. The van der Waals surface area contributed by atoms with E-state index in [0.29, 0.717) is 25.0 Å². The molecule has 0 bridgehead atoms. The van der Waals surface area contributed by atoms with Crippen LogP contribution in [-0.4, -0.2) is 46.8 Å². The van der Waals surface area contributed by atoms with Crippen LogP contribution in [-0.2, 0) is 10.0 Å². The molecule has 6 nitrogen and oxygen atoms in total. The van der Waals surface area contributed by atoms with Crippen LogP contribution in [0, 0.1) is 5.92 Å². The van der Waals surface area contributed by atoms with E-state index in [0.717, 1.165) is 6.54 Å². The fourth-order valence-corrected chi connectivity index (χ4v) is 1.63. The van der Waals surface area contributed by atoms with Crippen molar-refractivity contribution in [1.82, 2.24) is 15.4 Å². The number of halogens is 1. The fourth-order valence-electron chi connectivity index (χ4n) is 1.01. The topological polar surface area (TPSA) is 82.6 Å².